The number of carbonyl (C=O) groups excluding carboxylic acids is 2. The predicted octanol–water partition coefficient (Wildman–Crippen LogP) is 2.15. The summed E-state index contributed by atoms with van der Waals surface area (Å²) >= 11 is 0. The summed E-state index contributed by atoms with van der Waals surface area (Å²) < 4.78 is 4.76. The first kappa shape index (κ1) is 27.1. The van der Waals surface area contributed by atoms with E-state index in [0.717, 1.165) is 43.9 Å². The fraction of sp³-hybridized carbons (Fsp3) is 0.400. The first-order valence-electron chi connectivity index (χ1n) is 11.3. The van der Waals surface area contributed by atoms with E-state index in [9.17, 15) is 9.59 Å². The van der Waals surface area contributed by atoms with Crippen molar-refractivity contribution in [3.8, 4) is 0 Å². The van der Waals surface area contributed by atoms with Crippen LogP contribution in [0.25, 0.3) is 0 Å². The van der Waals surface area contributed by atoms with Crippen molar-refractivity contribution in [2.75, 3.05) is 57.8 Å². The SMILES string of the molecule is COC(=O)CCN(CCc1ccccc1)C(=O)CN1CCN(c2ccc(C(=N)N)cc2)CC1.Cl. The molecule has 1 amide bonds. The van der Waals surface area contributed by atoms with Crippen LogP contribution in [0.5, 0.6) is 0 Å². The van der Waals surface area contributed by atoms with Crippen LogP contribution in [0.15, 0.2) is 54.6 Å². The van der Waals surface area contributed by atoms with Gasteiger partial charge in [-0.2, -0.15) is 0 Å². The number of anilines is 1. The number of amidine groups is 1. The maximum Gasteiger partial charge on any atom is 0.307 e. The third-order valence-electron chi connectivity index (χ3n) is 5.95. The molecule has 8 nitrogen and oxygen atoms in total. The minimum Gasteiger partial charge on any atom is -0.469 e. The number of methoxy groups -OCH3 is 1. The molecule has 2 aromatic rings. The topological polar surface area (TPSA) is 103 Å². The highest BCUT2D eigenvalue weighted by atomic mass is 35.5. The van der Waals surface area contributed by atoms with E-state index in [2.05, 4.69) is 9.80 Å². The van der Waals surface area contributed by atoms with Gasteiger partial charge in [-0.1, -0.05) is 30.3 Å². The number of hydrogen-bond donors (Lipinski definition) is 2. The Morgan fingerprint density at radius 1 is 1.00 bits per heavy atom. The van der Waals surface area contributed by atoms with Gasteiger partial charge >= 0.3 is 5.97 Å². The summed E-state index contributed by atoms with van der Waals surface area (Å²) in [5, 5.41) is 7.52. The Labute approximate surface area is 207 Å². The molecule has 0 saturated carbocycles. The van der Waals surface area contributed by atoms with Crippen LogP contribution in [0.1, 0.15) is 17.5 Å². The average molecular weight is 488 g/mol. The van der Waals surface area contributed by atoms with Crippen molar-refractivity contribution in [2.45, 2.75) is 12.8 Å². The van der Waals surface area contributed by atoms with Crippen LogP contribution in [0.4, 0.5) is 5.69 Å². The summed E-state index contributed by atoms with van der Waals surface area (Å²) in [6.45, 7) is 4.47. The molecule has 1 aliphatic rings. The van der Waals surface area contributed by atoms with Crippen LogP contribution in [0.3, 0.4) is 0 Å². The summed E-state index contributed by atoms with van der Waals surface area (Å²) in [7, 11) is 1.37. The predicted molar refractivity (Wildman–Crippen MR) is 137 cm³/mol. The normalized spacial score (nSPS) is 13.6. The zero-order valence-corrected chi connectivity index (χ0v) is 20.4. The number of hydrogen-bond acceptors (Lipinski definition) is 6. The fourth-order valence-electron chi connectivity index (χ4n) is 3.91. The number of nitrogens with two attached hydrogens (primary N) is 1. The molecule has 0 radical (unpaired) electrons. The highest BCUT2D eigenvalue weighted by Crippen LogP contribution is 2.17. The van der Waals surface area contributed by atoms with Crippen molar-refractivity contribution in [2.24, 2.45) is 5.73 Å². The zero-order valence-electron chi connectivity index (χ0n) is 19.6. The minimum atomic E-state index is -0.308. The third kappa shape index (κ3) is 8.04. The van der Waals surface area contributed by atoms with Crippen LogP contribution < -0.4 is 10.6 Å². The van der Waals surface area contributed by atoms with E-state index in [-0.39, 0.29) is 36.5 Å². The molecule has 0 unspecified atom stereocenters. The van der Waals surface area contributed by atoms with E-state index in [1.165, 1.54) is 7.11 Å². The number of benzene rings is 2. The molecular formula is C25H34ClN5O3. The lowest BCUT2D eigenvalue weighted by atomic mass is 10.1. The standard InChI is InChI=1S/C25H33N5O3.ClH/c1-33-24(32)12-14-30(13-11-20-5-3-2-4-6-20)23(31)19-28-15-17-29(18-16-28)22-9-7-21(8-10-22)25(26)27;/h2-10H,11-19H2,1H3,(H3,26,27);1H. The summed E-state index contributed by atoms with van der Waals surface area (Å²) in [6, 6.07) is 17.7. The van der Waals surface area contributed by atoms with Gasteiger partial charge in [0.15, 0.2) is 0 Å². The van der Waals surface area contributed by atoms with Gasteiger partial charge in [0.05, 0.1) is 20.1 Å². The molecule has 1 fully saturated rings. The molecule has 0 aliphatic carbocycles. The van der Waals surface area contributed by atoms with Crippen LogP contribution >= 0.6 is 12.4 Å². The lowest BCUT2D eigenvalue weighted by Crippen LogP contribution is -2.50. The summed E-state index contributed by atoms with van der Waals surface area (Å²) in [5.74, 6) is -0.208. The Bertz CT molecular complexity index is 931. The van der Waals surface area contributed by atoms with Gasteiger partial charge < -0.3 is 20.3 Å². The highest BCUT2D eigenvalue weighted by molar-refractivity contribution is 5.95. The quantitative estimate of drug-likeness (QED) is 0.302. The number of amides is 1. The zero-order chi connectivity index (χ0) is 23.6. The number of nitrogen functional groups attached to an aromatic ring is 1. The second-order valence-corrected chi connectivity index (χ2v) is 8.17. The number of piperazine rings is 1. The molecule has 1 aliphatic heterocycles. The van der Waals surface area contributed by atoms with Crippen molar-refractivity contribution >= 4 is 35.8 Å². The van der Waals surface area contributed by atoms with Crippen LogP contribution in [-0.2, 0) is 20.7 Å². The molecule has 3 N–H and O–H groups in total. The van der Waals surface area contributed by atoms with Gasteiger partial charge in [0.1, 0.15) is 5.84 Å². The van der Waals surface area contributed by atoms with Gasteiger partial charge in [-0.25, -0.2) is 0 Å². The largest absolute Gasteiger partial charge is 0.469 e. The average Bonchev–Trinajstić information content (AvgIpc) is 2.85. The first-order valence-corrected chi connectivity index (χ1v) is 11.3. The Morgan fingerprint density at radius 2 is 1.65 bits per heavy atom. The molecule has 34 heavy (non-hydrogen) atoms. The van der Waals surface area contributed by atoms with E-state index in [0.29, 0.717) is 25.2 Å². The molecule has 0 bridgehead atoms. The minimum absolute atomic E-state index is 0. The Balaban J connectivity index is 0.00000408. The molecule has 1 heterocycles. The van der Waals surface area contributed by atoms with Gasteiger partial charge in [0, 0.05) is 50.5 Å². The second kappa shape index (κ2) is 13.6. The van der Waals surface area contributed by atoms with E-state index < -0.39 is 0 Å². The Kier molecular flexibility index (Phi) is 10.8. The van der Waals surface area contributed by atoms with Crippen LogP contribution in [0, 0.1) is 5.41 Å². The molecule has 0 aromatic heterocycles. The Morgan fingerprint density at radius 3 is 2.24 bits per heavy atom. The van der Waals surface area contributed by atoms with Crippen molar-refractivity contribution < 1.29 is 14.3 Å². The van der Waals surface area contributed by atoms with E-state index in [1.807, 2.05) is 54.6 Å². The van der Waals surface area contributed by atoms with Crippen molar-refractivity contribution in [1.82, 2.24) is 9.80 Å². The molecule has 3 rings (SSSR count). The van der Waals surface area contributed by atoms with E-state index in [4.69, 9.17) is 15.9 Å². The number of esters is 1. The van der Waals surface area contributed by atoms with Gasteiger partial charge in [0.25, 0.3) is 0 Å². The molecular weight excluding hydrogens is 454 g/mol. The Hall–Kier alpha value is -3.10. The summed E-state index contributed by atoms with van der Waals surface area (Å²) in [6.07, 6.45) is 0.943. The third-order valence-corrected chi connectivity index (χ3v) is 5.95. The molecule has 2 aromatic carbocycles. The lowest BCUT2D eigenvalue weighted by molar-refractivity contribution is -0.141. The smallest absolute Gasteiger partial charge is 0.307 e. The van der Waals surface area contributed by atoms with Crippen LogP contribution in [0.2, 0.25) is 0 Å². The van der Waals surface area contributed by atoms with Gasteiger partial charge in [0.2, 0.25) is 5.91 Å². The van der Waals surface area contributed by atoms with Gasteiger partial charge in [-0.15, -0.1) is 12.4 Å². The number of carbonyl (C=O) groups is 2. The summed E-state index contributed by atoms with van der Waals surface area (Å²) in [5.41, 5.74) is 8.50. The van der Waals surface area contributed by atoms with Gasteiger partial charge in [-0.05, 0) is 36.2 Å². The molecule has 1 saturated heterocycles. The molecule has 0 spiro atoms. The second-order valence-electron chi connectivity index (χ2n) is 8.17. The van der Waals surface area contributed by atoms with Gasteiger partial charge in [-0.3, -0.25) is 19.9 Å². The van der Waals surface area contributed by atoms with Crippen molar-refractivity contribution in [1.29, 1.82) is 5.41 Å². The number of nitrogens with zero attached hydrogens (tertiary/aromatic N) is 3. The number of rotatable bonds is 10. The maximum atomic E-state index is 13.1. The maximum absolute atomic E-state index is 13.1. The van der Waals surface area contributed by atoms with Crippen molar-refractivity contribution in [3.63, 3.8) is 0 Å². The van der Waals surface area contributed by atoms with E-state index >= 15 is 0 Å². The van der Waals surface area contributed by atoms with Crippen LogP contribution in [-0.4, -0.2) is 80.4 Å². The molecule has 184 valence electrons. The molecule has 9 heteroatoms. The van der Waals surface area contributed by atoms with E-state index in [1.54, 1.807) is 4.90 Å². The fourth-order valence-corrected chi connectivity index (χ4v) is 3.91. The highest BCUT2D eigenvalue weighted by Gasteiger charge is 2.22. The number of ether oxygens (including phenoxy) is 1. The molecule has 0 atom stereocenters. The lowest BCUT2D eigenvalue weighted by Gasteiger charge is -2.36. The first-order chi connectivity index (χ1) is 16.0. The van der Waals surface area contributed by atoms with Crippen molar-refractivity contribution in [3.05, 3.63) is 65.7 Å². The number of halogens is 1. The number of nitrogens with one attached hydrogen (secondary N) is 1. The summed E-state index contributed by atoms with van der Waals surface area (Å²) in [4.78, 5) is 30.9. The monoisotopic (exact) mass is 487 g/mol.